The molecule has 110 valence electrons. The van der Waals surface area contributed by atoms with Crippen LogP contribution in [0.15, 0.2) is 53.9 Å². The number of hydrogen-bond donors (Lipinski definition) is 3. The van der Waals surface area contributed by atoms with Gasteiger partial charge in [-0.15, -0.1) is 0 Å². The summed E-state index contributed by atoms with van der Waals surface area (Å²) in [6, 6.07) is 13.5. The molecule has 1 aromatic heterocycles. The highest BCUT2D eigenvalue weighted by molar-refractivity contribution is 6.45. The number of aromatic nitrogens is 1. The Morgan fingerprint density at radius 3 is 2.64 bits per heavy atom. The number of amidine groups is 1. The van der Waals surface area contributed by atoms with Gasteiger partial charge >= 0.3 is 0 Å². The lowest BCUT2D eigenvalue weighted by Gasteiger charge is -2.05. The van der Waals surface area contributed by atoms with Crippen LogP contribution in [0.25, 0.3) is 0 Å². The molecule has 0 bridgehead atoms. The summed E-state index contributed by atoms with van der Waals surface area (Å²) in [5, 5.41) is 19.8. The zero-order valence-corrected chi connectivity index (χ0v) is 12.0. The Labute approximate surface area is 128 Å². The molecule has 2 rings (SSSR count). The summed E-state index contributed by atoms with van der Waals surface area (Å²) < 4.78 is 0. The van der Waals surface area contributed by atoms with Gasteiger partial charge in [-0.05, 0) is 48.2 Å². The molecule has 0 saturated carbocycles. The smallest absolute Gasteiger partial charge is 0.201 e. The van der Waals surface area contributed by atoms with E-state index in [0.29, 0.717) is 0 Å². The zero-order valence-electron chi connectivity index (χ0n) is 12.0. The van der Waals surface area contributed by atoms with Gasteiger partial charge < -0.3 is 5.73 Å². The SMILES string of the molecule is N#C/C(=N\Nc1cccc(CCc2ccncc2)c1)C(=N)N. The van der Waals surface area contributed by atoms with Crippen LogP contribution in [0.5, 0.6) is 0 Å². The highest BCUT2D eigenvalue weighted by Crippen LogP contribution is 2.13. The van der Waals surface area contributed by atoms with E-state index in [1.807, 2.05) is 36.4 Å². The fourth-order valence-electron chi connectivity index (χ4n) is 1.90. The average molecular weight is 292 g/mol. The fourth-order valence-corrected chi connectivity index (χ4v) is 1.90. The van der Waals surface area contributed by atoms with E-state index in [1.165, 1.54) is 5.56 Å². The van der Waals surface area contributed by atoms with E-state index in [-0.39, 0.29) is 11.5 Å². The molecule has 0 saturated heterocycles. The van der Waals surface area contributed by atoms with Crippen molar-refractivity contribution < 1.29 is 0 Å². The van der Waals surface area contributed by atoms with Gasteiger partial charge in [0.1, 0.15) is 6.07 Å². The Balaban J connectivity index is 2.01. The number of nitrogens with one attached hydrogen (secondary N) is 2. The Morgan fingerprint density at radius 1 is 1.23 bits per heavy atom. The minimum absolute atomic E-state index is 0.137. The highest BCUT2D eigenvalue weighted by Gasteiger charge is 2.01. The molecule has 1 heterocycles. The quantitative estimate of drug-likeness (QED) is 0.430. The summed E-state index contributed by atoms with van der Waals surface area (Å²) >= 11 is 0. The first-order chi connectivity index (χ1) is 10.7. The largest absolute Gasteiger partial charge is 0.382 e. The van der Waals surface area contributed by atoms with Crippen LogP contribution in [-0.2, 0) is 12.8 Å². The van der Waals surface area contributed by atoms with E-state index in [0.717, 1.165) is 24.1 Å². The number of hydrogen-bond acceptors (Lipinski definition) is 5. The Bertz CT molecular complexity index is 715. The molecule has 6 heteroatoms. The number of benzene rings is 1. The molecule has 0 atom stereocenters. The molecule has 0 aliphatic carbocycles. The monoisotopic (exact) mass is 292 g/mol. The number of nitriles is 1. The van der Waals surface area contributed by atoms with E-state index in [2.05, 4.69) is 15.5 Å². The molecule has 4 N–H and O–H groups in total. The van der Waals surface area contributed by atoms with Crippen LogP contribution < -0.4 is 11.2 Å². The van der Waals surface area contributed by atoms with Gasteiger partial charge in [-0.1, -0.05) is 12.1 Å². The van der Waals surface area contributed by atoms with Crippen LogP contribution in [-0.4, -0.2) is 16.5 Å². The van der Waals surface area contributed by atoms with E-state index >= 15 is 0 Å². The van der Waals surface area contributed by atoms with Crippen LogP contribution in [0.2, 0.25) is 0 Å². The second kappa shape index (κ2) is 7.55. The normalized spacial score (nSPS) is 10.8. The molecule has 6 nitrogen and oxygen atoms in total. The minimum atomic E-state index is -0.358. The number of anilines is 1. The third-order valence-electron chi connectivity index (χ3n) is 3.04. The molecule has 2 aromatic rings. The number of nitrogens with zero attached hydrogens (tertiary/aromatic N) is 3. The summed E-state index contributed by atoms with van der Waals surface area (Å²) in [7, 11) is 0. The molecule has 0 amide bonds. The number of pyridine rings is 1. The average Bonchev–Trinajstić information content (AvgIpc) is 2.54. The lowest BCUT2D eigenvalue weighted by Crippen LogP contribution is -2.21. The number of rotatable bonds is 6. The third-order valence-corrected chi connectivity index (χ3v) is 3.04. The minimum Gasteiger partial charge on any atom is -0.382 e. The number of hydrazone groups is 1. The van der Waals surface area contributed by atoms with Crippen LogP contribution in [0.1, 0.15) is 11.1 Å². The zero-order chi connectivity index (χ0) is 15.8. The van der Waals surface area contributed by atoms with Crippen molar-refractivity contribution in [1.82, 2.24) is 4.98 Å². The maximum Gasteiger partial charge on any atom is 0.201 e. The van der Waals surface area contributed by atoms with Crippen LogP contribution >= 0.6 is 0 Å². The van der Waals surface area contributed by atoms with Crippen LogP contribution in [0.3, 0.4) is 0 Å². The molecular weight excluding hydrogens is 276 g/mol. The molecule has 0 aliphatic heterocycles. The standard InChI is InChI=1S/C16H16N6/c17-11-15(16(18)19)22-21-14-3-1-2-13(10-14)5-4-12-6-8-20-9-7-12/h1-3,6-10,21H,4-5H2,(H3,18,19)/b22-15+. The van der Waals surface area contributed by atoms with E-state index < -0.39 is 0 Å². The van der Waals surface area contributed by atoms with Crippen molar-refractivity contribution in [3.05, 3.63) is 59.9 Å². The number of aryl methyl sites for hydroxylation is 2. The summed E-state index contributed by atoms with van der Waals surface area (Å²) in [6.07, 6.45) is 5.38. The maximum absolute atomic E-state index is 8.79. The van der Waals surface area contributed by atoms with Gasteiger partial charge in [-0.25, -0.2) is 0 Å². The first-order valence-corrected chi connectivity index (χ1v) is 6.75. The molecule has 0 aliphatic rings. The van der Waals surface area contributed by atoms with Gasteiger partial charge in [0.15, 0.2) is 5.84 Å². The van der Waals surface area contributed by atoms with Gasteiger partial charge in [0.25, 0.3) is 0 Å². The molecular formula is C16H16N6. The Kier molecular flexibility index (Phi) is 5.21. The van der Waals surface area contributed by atoms with Gasteiger partial charge in [-0.2, -0.15) is 10.4 Å². The molecule has 0 unspecified atom stereocenters. The van der Waals surface area contributed by atoms with Crippen molar-refractivity contribution in [2.45, 2.75) is 12.8 Å². The van der Waals surface area contributed by atoms with Gasteiger partial charge in [0.2, 0.25) is 5.71 Å². The Hall–Kier alpha value is -3.20. The van der Waals surface area contributed by atoms with E-state index in [4.69, 9.17) is 16.4 Å². The van der Waals surface area contributed by atoms with Crippen molar-refractivity contribution in [1.29, 1.82) is 10.7 Å². The third kappa shape index (κ3) is 4.42. The van der Waals surface area contributed by atoms with Crippen molar-refractivity contribution >= 4 is 17.2 Å². The van der Waals surface area contributed by atoms with Gasteiger partial charge in [0.05, 0.1) is 5.69 Å². The van der Waals surface area contributed by atoms with E-state index in [9.17, 15) is 0 Å². The van der Waals surface area contributed by atoms with Gasteiger partial charge in [-0.3, -0.25) is 15.8 Å². The second-order valence-electron chi connectivity index (χ2n) is 4.65. The first kappa shape index (κ1) is 15.2. The van der Waals surface area contributed by atoms with Crippen LogP contribution in [0.4, 0.5) is 5.69 Å². The molecule has 1 aromatic carbocycles. The first-order valence-electron chi connectivity index (χ1n) is 6.75. The summed E-state index contributed by atoms with van der Waals surface area (Å²) in [4.78, 5) is 4.00. The molecule has 0 spiro atoms. The predicted molar refractivity (Wildman–Crippen MR) is 86.7 cm³/mol. The summed E-state index contributed by atoms with van der Waals surface area (Å²) in [5.41, 5.74) is 11.0. The van der Waals surface area contributed by atoms with Crippen molar-refractivity contribution in [3.63, 3.8) is 0 Å². The molecule has 0 fully saturated rings. The highest BCUT2D eigenvalue weighted by atomic mass is 15.3. The lowest BCUT2D eigenvalue weighted by atomic mass is 10.1. The van der Waals surface area contributed by atoms with Crippen molar-refractivity contribution in [3.8, 4) is 6.07 Å². The van der Waals surface area contributed by atoms with E-state index in [1.54, 1.807) is 18.5 Å². The fraction of sp³-hybridized carbons (Fsp3) is 0.125. The predicted octanol–water partition coefficient (Wildman–Crippen LogP) is 2.09. The maximum atomic E-state index is 8.79. The Morgan fingerprint density at radius 2 is 1.95 bits per heavy atom. The van der Waals surface area contributed by atoms with Crippen molar-refractivity contribution in [2.75, 3.05) is 5.43 Å². The number of nitrogens with two attached hydrogens (primary N) is 1. The second-order valence-corrected chi connectivity index (χ2v) is 4.65. The summed E-state index contributed by atoms with van der Waals surface area (Å²) in [5.74, 6) is -0.358. The van der Waals surface area contributed by atoms with Crippen molar-refractivity contribution in [2.24, 2.45) is 10.8 Å². The van der Waals surface area contributed by atoms with Crippen LogP contribution in [0, 0.1) is 16.7 Å². The topological polar surface area (TPSA) is 111 Å². The molecule has 0 radical (unpaired) electrons. The lowest BCUT2D eigenvalue weighted by molar-refractivity contribution is 0.955. The molecule has 22 heavy (non-hydrogen) atoms. The van der Waals surface area contributed by atoms with Gasteiger partial charge in [0, 0.05) is 12.4 Å². The summed E-state index contributed by atoms with van der Waals surface area (Å²) in [6.45, 7) is 0.